The van der Waals surface area contributed by atoms with Crippen LogP contribution in [-0.4, -0.2) is 40.4 Å². The van der Waals surface area contributed by atoms with Crippen molar-refractivity contribution in [2.75, 3.05) is 19.6 Å². The Labute approximate surface area is 104 Å². The molecular weight excluding hydrogens is 212 g/mol. The second-order valence-corrected chi connectivity index (χ2v) is 5.12. The summed E-state index contributed by atoms with van der Waals surface area (Å²) in [6.07, 6.45) is 6.14. The number of hydrogen-bond donors (Lipinski definition) is 1. The lowest BCUT2D eigenvalue weighted by atomic mass is 10.1. The van der Waals surface area contributed by atoms with Crippen LogP contribution >= 0.6 is 0 Å². The molecule has 1 aromatic heterocycles. The molecule has 0 bridgehead atoms. The maximum absolute atomic E-state index is 4.37. The molecule has 0 aromatic carbocycles. The lowest BCUT2D eigenvalue weighted by Gasteiger charge is -2.29. The van der Waals surface area contributed by atoms with Gasteiger partial charge >= 0.3 is 0 Å². The van der Waals surface area contributed by atoms with E-state index in [0.29, 0.717) is 6.04 Å². The van der Waals surface area contributed by atoms with Gasteiger partial charge < -0.3 is 10.2 Å². The van der Waals surface area contributed by atoms with Gasteiger partial charge in [-0.2, -0.15) is 5.10 Å². The molecule has 4 heteroatoms. The molecule has 2 rings (SSSR count). The third-order valence-corrected chi connectivity index (χ3v) is 3.38. The Morgan fingerprint density at radius 2 is 2.12 bits per heavy atom. The van der Waals surface area contributed by atoms with Gasteiger partial charge in [0, 0.05) is 32.4 Å². The molecule has 1 fully saturated rings. The summed E-state index contributed by atoms with van der Waals surface area (Å²) in [6.45, 7) is 6.84. The summed E-state index contributed by atoms with van der Waals surface area (Å²) < 4.78 is 1.85. The molecule has 0 amide bonds. The van der Waals surface area contributed by atoms with Crippen molar-refractivity contribution in [1.29, 1.82) is 0 Å². The van der Waals surface area contributed by atoms with Gasteiger partial charge in [0.25, 0.3) is 0 Å². The van der Waals surface area contributed by atoms with Crippen LogP contribution < -0.4 is 5.32 Å². The van der Waals surface area contributed by atoms with E-state index in [0.717, 1.165) is 18.8 Å². The summed E-state index contributed by atoms with van der Waals surface area (Å²) in [5.74, 6) is 0. The average molecular weight is 236 g/mol. The van der Waals surface area contributed by atoms with Crippen LogP contribution in [0.15, 0.2) is 12.3 Å². The van der Waals surface area contributed by atoms with E-state index in [1.54, 1.807) is 0 Å². The summed E-state index contributed by atoms with van der Waals surface area (Å²) in [6, 6.07) is 2.61. The van der Waals surface area contributed by atoms with Gasteiger partial charge in [0.2, 0.25) is 0 Å². The van der Waals surface area contributed by atoms with Gasteiger partial charge in [0.05, 0.1) is 5.69 Å². The molecule has 2 heterocycles. The quantitative estimate of drug-likeness (QED) is 0.838. The van der Waals surface area contributed by atoms with Crippen LogP contribution in [-0.2, 0) is 13.6 Å². The van der Waals surface area contributed by atoms with Crippen LogP contribution in [0.1, 0.15) is 31.9 Å². The fourth-order valence-electron chi connectivity index (χ4n) is 2.43. The number of likely N-dealkylation sites (tertiary alicyclic amines) is 1. The summed E-state index contributed by atoms with van der Waals surface area (Å²) in [4.78, 5) is 2.57. The first kappa shape index (κ1) is 12.6. The van der Waals surface area contributed by atoms with E-state index in [4.69, 9.17) is 0 Å². The summed E-state index contributed by atoms with van der Waals surface area (Å²) >= 11 is 0. The minimum absolute atomic E-state index is 0.537. The molecule has 1 atom stereocenters. The number of piperidine rings is 1. The molecule has 96 valence electrons. The fraction of sp³-hybridized carbons (Fsp3) is 0.769. The van der Waals surface area contributed by atoms with Crippen molar-refractivity contribution in [3.8, 4) is 0 Å². The highest BCUT2D eigenvalue weighted by atomic mass is 15.3. The maximum atomic E-state index is 4.37. The Morgan fingerprint density at radius 3 is 2.76 bits per heavy atom. The molecule has 0 aliphatic carbocycles. The van der Waals surface area contributed by atoms with Crippen molar-refractivity contribution >= 4 is 0 Å². The number of nitrogens with zero attached hydrogens (tertiary/aromatic N) is 3. The van der Waals surface area contributed by atoms with Crippen molar-refractivity contribution < 1.29 is 0 Å². The molecule has 1 saturated heterocycles. The first-order chi connectivity index (χ1) is 8.24. The summed E-state index contributed by atoms with van der Waals surface area (Å²) in [5, 5.41) is 7.91. The van der Waals surface area contributed by atoms with Gasteiger partial charge in [-0.05, 0) is 38.9 Å². The average Bonchev–Trinajstić information content (AvgIpc) is 2.74. The lowest BCUT2D eigenvalue weighted by molar-refractivity contribution is 0.208. The van der Waals surface area contributed by atoms with Gasteiger partial charge in [-0.25, -0.2) is 0 Å². The molecule has 4 nitrogen and oxygen atoms in total. The Hall–Kier alpha value is -0.870. The van der Waals surface area contributed by atoms with Crippen LogP contribution in [0.4, 0.5) is 0 Å². The number of hydrogen-bond acceptors (Lipinski definition) is 3. The highest BCUT2D eigenvalue weighted by molar-refractivity contribution is 4.98. The SMILES string of the molecule is CC(CN1CCCCC1)NCc1ccn(C)n1. The van der Waals surface area contributed by atoms with E-state index in [1.165, 1.54) is 32.4 Å². The summed E-state index contributed by atoms with van der Waals surface area (Å²) in [7, 11) is 1.96. The van der Waals surface area contributed by atoms with E-state index in [2.05, 4.69) is 28.3 Å². The van der Waals surface area contributed by atoms with E-state index in [1.807, 2.05) is 17.9 Å². The first-order valence-electron chi connectivity index (χ1n) is 6.68. The first-order valence-corrected chi connectivity index (χ1v) is 6.68. The number of rotatable bonds is 5. The molecule has 1 aromatic rings. The fourth-order valence-corrected chi connectivity index (χ4v) is 2.43. The van der Waals surface area contributed by atoms with Gasteiger partial charge in [-0.1, -0.05) is 6.42 Å². The zero-order valence-corrected chi connectivity index (χ0v) is 11.0. The minimum atomic E-state index is 0.537. The molecule has 17 heavy (non-hydrogen) atoms. The smallest absolute Gasteiger partial charge is 0.0762 e. The van der Waals surface area contributed by atoms with E-state index in [-0.39, 0.29) is 0 Å². The molecule has 0 spiro atoms. The Kier molecular flexibility index (Phi) is 4.57. The predicted molar refractivity (Wildman–Crippen MR) is 69.8 cm³/mol. The number of aryl methyl sites for hydroxylation is 1. The van der Waals surface area contributed by atoms with E-state index >= 15 is 0 Å². The highest BCUT2D eigenvalue weighted by Gasteiger charge is 2.13. The van der Waals surface area contributed by atoms with Gasteiger partial charge in [0.1, 0.15) is 0 Å². The normalized spacial score (nSPS) is 19.4. The minimum Gasteiger partial charge on any atom is -0.307 e. The van der Waals surface area contributed by atoms with Gasteiger partial charge in [-0.15, -0.1) is 0 Å². The van der Waals surface area contributed by atoms with Crippen LogP contribution in [0.5, 0.6) is 0 Å². The topological polar surface area (TPSA) is 33.1 Å². The zero-order valence-electron chi connectivity index (χ0n) is 11.0. The molecule has 1 N–H and O–H groups in total. The zero-order chi connectivity index (χ0) is 12.1. The van der Waals surface area contributed by atoms with Crippen molar-refractivity contribution in [2.45, 2.75) is 38.8 Å². The van der Waals surface area contributed by atoms with Crippen LogP contribution in [0.3, 0.4) is 0 Å². The standard InChI is InChI=1S/C13H24N4/c1-12(11-17-7-4-3-5-8-17)14-10-13-6-9-16(2)15-13/h6,9,12,14H,3-5,7-8,10-11H2,1-2H3. The van der Waals surface area contributed by atoms with Gasteiger partial charge in [0.15, 0.2) is 0 Å². The molecule has 1 aliphatic rings. The summed E-state index contributed by atoms with van der Waals surface area (Å²) in [5.41, 5.74) is 1.12. The number of nitrogens with one attached hydrogen (secondary N) is 1. The van der Waals surface area contributed by atoms with E-state index < -0.39 is 0 Å². The van der Waals surface area contributed by atoms with E-state index in [9.17, 15) is 0 Å². The molecule has 0 radical (unpaired) electrons. The Bertz CT molecular complexity index is 328. The van der Waals surface area contributed by atoms with Crippen LogP contribution in [0.2, 0.25) is 0 Å². The van der Waals surface area contributed by atoms with Crippen LogP contribution in [0, 0.1) is 0 Å². The van der Waals surface area contributed by atoms with Crippen LogP contribution in [0.25, 0.3) is 0 Å². The lowest BCUT2D eigenvalue weighted by Crippen LogP contribution is -2.41. The predicted octanol–water partition coefficient (Wildman–Crippen LogP) is 1.38. The second-order valence-electron chi connectivity index (χ2n) is 5.12. The highest BCUT2D eigenvalue weighted by Crippen LogP contribution is 2.08. The van der Waals surface area contributed by atoms with Crippen molar-refractivity contribution in [3.63, 3.8) is 0 Å². The Balaban J connectivity index is 1.68. The van der Waals surface area contributed by atoms with Gasteiger partial charge in [-0.3, -0.25) is 4.68 Å². The van der Waals surface area contributed by atoms with Crippen molar-refractivity contribution in [1.82, 2.24) is 20.0 Å². The Morgan fingerprint density at radius 1 is 1.35 bits per heavy atom. The largest absolute Gasteiger partial charge is 0.307 e. The second kappa shape index (κ2) is 6.17. The molecule has 0 saturated carbocycles. The third kappa shape index (κ3) is 4.13. The molecule has 1 unspecified atom stereocenters. The van der Waals surface area contributed by atoms with Crippen molar-refractivity contribution in [2.24, 2.45) is 7.05 Å². The maximum Gasteiger partial charge on any atom is 0.0762 e. The number of aromatic nitrogens is 2. The third-order valence-electron chi connectivity index (χ3n) is 3.38. The van der Waals surface area contributed by atoms with Crippen molar-refractivity contribution in [3.05, 3.63) is 18.0 Å². The molecular formula is C13H24N4. The molecule has 1 aliphatic heterocycles. The monoisotopic (exact) mass is 236 g/mol.